The summed E-state index contributed by atoms with van der Waals surface area (Å²) in [6, 6.07) is 7.40. The van der Waals surface area contributed by atoms with Gasteiger partial charge in [-0.15, -0.1) is 0 Å². The van der Waals surface area contributed by atoms with E-state index in [0.717, 1.165) is 15.7 Å². The van der Waals surface area contributed by atoms with Crippen LogP contribution in [0.15, 0.2) is 28.7 Å². The number of nitrogens with two attached hydrogens (primary N) is 1. The van der Waals surface area contributed by atoms with E-state index in [1.807, 2.05) is 25.1 Å². The molecular weight excluding hydrogens is 351 g/mol. The zero-order chi connectivity index (χ0) is 14.0. The number of anilines is 3. The molecule has 1 aromatic heterocycles. The minimum Gasteiger partial charge on any atom is -0.339 e. The van der Waals surface area contributed by atoms with Crippen molar-refractivity contribution < 1.29 is 0 Å². The third-order valence-electron chi connectivity index (χ3n) is 2.59. The Morgan fingerprint density at radius 1 is 1.21 bits per heavy atom. The van der Waals surface area contributed by atoms with E-state index in [0.29, 0.717) is 21.7 Å². The summed E-state index contributed by atoms with van der Waals surface area (Å²) in [6.07, 6.45) is 0. The lowest BCUT2D eigenvalue weighted by molar-refractivity contribution is 1.22. The SMILES string of the molecule is Cc1c(Br)cccc1Nc1nc(NN)c(Cl)cc1Cl. The molecule has 0 unspecified atom stereocenters. The third-order valence-corrected chi connectivity index (χ3v) is 4.02. The maximum Gasteiger partial charge on any atom is 0.161 e. The fourth-order valence-electron chi connectivity index (χ4n) is 1.53. The van der Waals surface area contributed by atoms with Gasteiger partial charge < -0.3 is 10.7 Å². The smallest absolute Gasteiger partial charge is 0.161 e. The van der Waals surface area contributed by atoms with Crippen LogP contribution in [0.4, 0.5) is 17.3 Å². The van der Waals surface area contributed by atoms with Gasteiger partial charge in [-0.2, -0.15) is 0 Å². The van der Waals surface area contributed by atoms with E-state index >= 15 is 0 Å². The molecule has 0 bridgehead atoms. The van der Waals surface area contributed by atoms with Gasteiger partial charge in [-0.3, -0.25) is 0 Å². The van der Waals surface area contributed by atoms with Crippen molar-refractivity contribution in [2.75, 3.05) is 10.7 Å². The molecule has 19 heavy (non-hydrogen) atoms. The molecule has 0 radical (unpaired) electrons. The number of nitrogens with one attached hydrogen (secondary N) is 2. The predicted octanol–water partition coefficient (Wildman–Crippen LogP) is 4.49. The minimum absolute atomic E-state index is 0.362. The standard InChI is InChI=1S/C12H11BrCl2N4/c1-6-7(13)3-2-4-10(6)17-11-8(14)5-9(15)12(18-11)19-16/h2-5H,16H2,1H3,(H2,17,18,19). The van der Waals surface area contributed by atoms with Crippen molar-refractivity contribution in [2.45, 2.75) is 6.92 Å². The van der Waals surface area contributed by atoms with E-state index < -0.39 is 0 Å². The minimum atomic E-state index is 0.362. The fourth-order valence-corrected chi connectivity index (χ4v) is 2.35. The molecule has 2 rings (SSSR count). The number of rotatable bonds is 3. The van der Waals surface area contributed by atoms with Crippen molar-refractivity contribution in [1.29, 1.82) is 0 Å². The molecule has 0 spiro atoms. The van der Waals surface area contributed by atoms with Crippen molar-refractivity contribution in [2.24, 2.45) is 5.84 Å². The van der Waals surface area contributed by atoms with Crippen molar-refractivity contribution in [3.8, 4) is 0 Å². The van der Waals surface area contributed by atoms with Gasteiger partial charge in [0.1, 0.15) is 0 Å². The van der Waals surface area contributed by atoms with Crippen LogP contribution in [-0.4, -0.2) is 4.98 Å². The van der Waals surface area contributed by atoms with Crippen LogP contribution in [0.2, 0.25) is 10.0 Å². The lowest BCUT2D eigenvalue weighted by Gasteiger charge is -2.13. The van der Waals surface area contributed by atoms with Gasteiger partial charge in [0.05, 0.1) is 10.0 Å². The first-order chi connectivity index (χ1) is 9.02. The first-order valence-electron chi connectivity index (χ1n) is 5.37. The van der Waals surface area contributed by atoms with E-state index in [1.54, 1.807) is 6.07 Å². The molecule has 1 heterocycles. The van der Waals surface area contributed by atoms with Crippen molar-refractivity contribution in [3.63, 3.8) is 0 Å². The number of aromatic nitrogens is 1. The maximum absolute atomic E-state index is 6.11. The summed E-state index contributed by atoms with van der Waals surface area (Å²) in [4.78, 5) is 4.23. The van der Waals surface area contributed by atoms with Crippen molar-refractivity contribution in [3.05, 3.63) is 44.3 Å². The Morgan fingerprint density at radius 2 is 1.89 bits per heavy atom. The van der Waals surface area contributed by atoms with Gasteiger partial charge in [-0.25, -0.2) is 10.8 Å². The average molecular weight is 362 g/mol. The summed E-state index contributed by atoms with van der Waals surface area (Å²) >= 11 is 15.5. The molecule has 1 aromatic carbocycles. The normalized spacial score (nSPS) is 10.4. The Labute approximate surface area is 129 Å². The number of benzene rings is 1. The molecule has 0 fully saturated rings. The molecule has 2 aromatic rings. The Kier molecular flexibility index (Phi) is 4.52. The molecule has 0 saturated heterocycles. The molecule has 4 nitrogen and oxygen atoms in total. The Bertz CT molecular complexity index is 619. The second kappa shape index (κ2) is 5.96. The van der Waals surface area contributed by atoms with Crippen LogP contribution >= 0.6 is 39.1 Å². The lowest BCUT2D eigenvalue weighted by atomic mass is 10.2. The van der Waals surface area contributed by atoms with Gasteiger partial charge in [0, 0.05) is 10.2 Å². The molecule has 0 aliphatic rings. The lowest BCUT2D eigenvalue weighted by Crippen LogP contribution is -2.10. The zero-order valence-electron chi connectivity index (χ0n) is 9.97. The Balaban J connectivity index is 2.41. The highest BCUT2D eigenvalue weighted by Crippen LogP contribution is 2.32. The highest BCUT2D eigenvalue weighted by molar-refractivity contribution is 9.10. The van der Waals surface area contributed by atoms with Crippen LogP contribution in [0, 0.1) is 6.92 Å². The summed E-state index contributed by atoms with van der Waals surface area (Å²) in [7, 11) is 0. The molecule has 0 amide bonds. The molecule has 0 aliphatic carbocycles. The van der Waals surface area contributed by atoms with Gasteiger partial charge in [-0.1, -0.05) is 45.2 Å². The van der Waals surface area contributed by atoms with Crippen molar-refractivity contribution in [1.82, 2.24) is 4.98 Å². The van der Waals surface area contributed by atoms with Crippen LogP contribution in [0.3, 0.4) is 0 Å². The third kappa shape index (κ3) is 3.12. The van der Waals surface area contributed by atoms with E-state index in [1.165, 1.54) is 0 Å². The molecule has 0 atom stereocenters. The molecule has 0 saturated carbocycles. The molecule has 100 valence electrons. The summed E-state index contributed by atoms with van der Waals surface area (Å²) < 4.78 is 1.000. The Morgan fingerprint density at radius 3 is 2.58 bits per heavy atom. The summed E-state index contributed by atoms with van der Waals surface area (Å²) in [5.41, 5.74) is 4.37. The van der Waals surface area contributed by atoms with Crippen LogP contribution in [-0.2, 0) is 0 Å². The maximum atomic E-state index is 6.11. The van der Waals surface area contributed by atoms with Gasteiger partial charge in [0.2, 0.25) is 0 Å². The summed E-state index contributed by atoms with van der Waals surface area (Å²) in [5.74, 6) is 6.19. The number of hydrazine groups is 1. The highest BCUT2D eigenvalue weighted by atomic mass is 79.9. The first kappa shape index (κ1) is 14.4. The quantitative estimate of drug-likeness (QED) is 0.556. The first-order valence-corrected chi connectivity index (χ1v) is 6.92. The highest BCUT2D eigenvalue weighted by Gasteiger charge is 2.10. The van der Waals surface area contributed by atoms with Gasteiger partial charge in [-0.05, 0) is 30.7 Å². The summed E-state index contributed by atoms with van der Waals surface area (Å²) in [6.45, 7) is 1.98. The van der Waals surface area contributed by atoms with Crippen LogP contribution in [0.1, 0.15) is 5.56 Å². The number of hydrogen-bond acceptors (Lipinski definition) is 4. The van der Waals surface area contributed by atoms with Gasteiger partial charge in [0.25, 0.3) is 0 Å². The van der Waals surface area contributed by atoms with E-state index in [4.69, 9.17) is 29.0 Å². The largest absolute Gasteiger partial charge is 0.339 e. The van der Waals surface area contributed by atoms with Gasteiger partial charge in [0.15, 0.2) is 11.6 Å². The molecular formula is C12H11BrCl2N4. The van der Waals surface area contributed by atoms with Crippen LogP contribution in [0.5, 0.6) is 0 Å². The van der Waals surface area contributed by atoms with E-state index in [9.17, 15) is 0 Å². The number of pyridine rings is 1. The van der Waals surface area contributed by atoms with E-state index in [2.05, 4.69) is 31.7 Å². The van der Waals surface area contributed by atoms with Crippen LogP contribution in [0.25, 0.3) is 0 Å². The molecule has 7 heteroatoms. The Hall–Kier alpha value is -1.01. The number of nitrogen functional groups attached to an aromatic ring is 1. The predicted molar refractivity (Wildman–Crippen MR) is 84.2 cm³/mol. The van der Waals surface area contributed by atoms with E-state index in [-0.39, 0.29) is 0 Å². The van der Waals surface area contributed by atoms with Gasteiger partial charge >= 0.3 is 0 Å². The zero-order valence-corrected chi connectivity index (χ0v) is 13.1. The van der Waals surface area contributed by atoms with Crippen LogP contribution < -0.4 is 16.6 Å². The summed E-state index contributed by atoms with van der Waals surface area (Å²) in [5, 5.41) is 3.94. The number of nitrogens with zero attached hydrogens (tertiary/aromatic N) is 1. The fraction of sp³-hybridized carbons (Fsp3) is 0.0833. The second-order valence-electron chi connectivity index (χ2n) is 3.83. The second-order valence-corrected chi connectivity index (χ2v) is 5.50. The van der Waals surface area contributed by atoms with Crippen molar-refractivity contribution >= 4 is 56.5 Å². The monoisotopic (exact) mass is 360 g/mol. The molecule has 4 N–H and O–H groups in total. The molecule has 0 aliphatic heterocycles. The average Bonchev–Trinajstić information content (AvgIpc) is 2.38. The number of halogens is 3. The number of hydrogen-bond donors (Lipinski definition) is 3. The topological polar surface area (TPSA) is 63.0 Å².